The van der Waals surface area contributed by atoms with E-state index in [4.69, 9.17) is 4.74 Å². The van der Waals surface area contributed by atoms with Gasteiger partial charge in [0.05, 0.1) is 18.2 Å². The molecular formula is C20H18N2O5S. The lowest BCUT2D eigenvalue weighted by Gasteiger charge is -2.26. The second kappa shape index (κ2) is 6.07. The van der Waals surface area contributed by atoms with Crippen molar-refractivity contribution in [1.82, 2.24) is 9.62 Å². The fourth-order valence-corrected chi connectivity index (χ4v) is 5.63. The lowest BCUT2D eigenvalue weighted by molar-refractivity contribution is 0.0862. The molecule has 1 saturated carbocycles. The van der Waals surface area contributed by atoms with Crippen LogP contribution in [0.1, 0.15) is 51.6 Å². The second-order valence-corrected chi connectivity index (χ2v) is 9.03. The van der Waals surface area contributed by atoms with Crippen LogP contribution in [0.5, 0.6) is 5.75 Å². The highest BCUT2D eigenvalue weighted by molar-refractivity contribution is 7.90. The van der Waals surface area contributed by atoms with E-state index in [0.717, 1.165) is 15.6 Å². The summed E-state index contributed by atoms with van der Waals surface area (Å²) in [7, 11) is -3.89. The monoisotopic (exact) mass is 398 g/mol. The molecule has 2 heterocycles. The Morgan fingerprint density at radius 3 is 2.68 bits per heavy atom. The number of hydrogen-bond donors (Lipinski definition) is 1. The molecule has 0 spiro atoms. The molecule has 1 unspecified atom stereocenters. The molecule has 3 aliphatic rings. The maximum absolute atomic E-state index is 12.8. The van der Waals surface area contributed by atoms with Crippen LogP contribution < -0.4 is 10.1 Å². The minimum absolute atomic E-state index is 0.0792. The number of hydrogen-bond acceptors (Lipinski definition) is 5. The van der Waals surface area contributed by atoms with Crippen LogP contribution in [0.2, 0.25) is 0 Å². The lowest BCUT2D eigenvalue weighted by atomic mass is 10.00. The van der Waals surface area contributed by atoms with Crippen molar-refractivity contribution in [3.8, 4) is 5.75 Å². The summed E-state index contributed by atoms with van der Waals surface area (Å²) in [5, 5.41) is 2.96. The normalized spacial score (nSPS) is 22.2. The van der Waals surface area contributed by atoms with Crippen molar-refractivity contribution in [3.63, 3.8) is 0 Å². The second-order valence-electron chi connectivity index (χ2n) is 7.25. The third kappa shape index (κ3) is 2.59. The number of sulfonamides is 1. The van der Waals surface area contributed by atoms with E-state index in [9.17, 15) is 18.0 Å². The van der Waals surface area contributed by atoms with Crippen LogP contribution in [0.25, 0.3) is 0 Å². The summed E-state index contributed by atoms with van der Waals surface area (Å²) in [6.45, 7) is 0.491. The smallest absolute Gasteiger partial charge is 0.269 e. The van der Waals surface area contributed by atoms with Gasteiger partial charge in [-0.3, -0.25) is 9.59 Å². The zero-order valence-corrected chi connectivity index (χ0v) is 15.7. The summed E-state index contributed by atoms with van der Waals surface area (Å²) in [4.78, 5) is 25.2. The molecular weight excluding hydrogens is 380 g/mol. The largest absolute Gasteiger partial charge is 0.493 e. The SMILES string of the molecule is O=C(NC1CCOc2ccccc21)c1ccc2c(c1)S(=O)(=O)N(C1CC1)C2=O. The predicted molar refractivity (Wildman–Crippen MR) is 99.6 cm³/mol. The molecule has 2 aromatic rings. The number of ether oxygens (including phenoxy) is 1. The maximum atomic E-state index is 12.8. The molecule has 1 atom stereocenters. The fourth-order valence-electron chi connectivity index (χ4n) is 3.79. The Labute approximate surface area is 162 Å². The standard InChI is InChI=1S/C20H18N2O5S/c23-19(21-16-9-10-27-17-4-2-1-3-14(16)17)12-5-8-15-18(11-12)28(25,26)22(20(15)24)13-6-7-13/h1-5,8,11,13,16H,6-7,9-10H2,(H,21,23). The molecule has 0 radical (unpaired) electrons. The number of carbonyl (C=O) groups excluding carboxylic acids is 2. The van der Waals surface area contributed by atoms with Gasteiger partial charge in [0.1, 0.15) is 10.6 Å². The number of amides is 2. The number of carbonyl (C=O) groups is 2. The molecule has 2 amide bonds. The van der Waals surface area contributed by atoms with E-state index in [-0.39, 0.29) is 34.0 Å². The van der Waals surface area contributed by atoms with E-state index in [0.29, 0.717) is 25.9 Å². The Bertz CT molecular complexity index is 1110. The summed E-state index contributed by atoms with van der Waals surface area (Å²) in [6, 6.07) is 11.3. The lowest BCUT2D eigenvalue weighted by Crippen LogP contribution is -2.32. The Morgan fingerprint density at radius 2 is 1.89 bits per heavy atom. The van der Waals surface area contributed by atoms with Gasteiger partial charge in [-0.1, -0.05) is 18.2 Å². The van der Waals surface area contributed by atoms with Crippen molar-refractivity contribution < 1.29 is 22.7 Å². The van der Waals surface area contributed by atoms with Crippen molar-refractivity contribution in [3.05, 3.63) is 59.2 Å². The summed E-state index contributed by atoms with van der Waals surface area (Å²) < 4.78 is 32.1. The summed E-state index contributed by atoms with van der Waals surface area (Å²) in [5.74, 6) is -0.138. The molecule has 0 aromatic heterocycles. The Morgan fingerprint density at radius 1 is 1.11 bits per heavy atom. The molecule has 2 aromatic carbocycles. The fraction of sp³-hybridized carbons (Fsp3) is 0.300. The van der Waals surface area contributed by atoms with Crippen molar-refractivity contribution in [2.24, 2.45) is 0 Å². The van der Waals surface area contributed by atoms with Gasteiger partial charge in [-0.05, 0) is 37.1 Å². The van der Waals surface area contributed by atoms with Crippen LogP contribution in [-0.2, 0) is 10.0 Å². The van der Waals surface area contributed by atoms with Gasteiger partial charge >= 0.3 is 0 Å². The molecule has 0 bridgehead atoms. The first kappa shape index (κ1) is 17.2. The van der Waals surface area contributed by atoms with Crippen LogP contribution in [-0.4, -0.2) is 37.2 Å². The van der Waals surface area contributed by atoms with E-state index in [2.05, 4.69) is 5.32 Å². The van der Waals surface area contributed by atoms with Gasteiger partial charge in [-0.15, -0.1) is 0 Å². The van der Waals surface area contributed by atoms with Crippen molar-refractivity contribution in [2.75, 3.05) is 6.61 Å². The van der Waals surface area contributed by atoms with Gasteiger partial charge in [0.25, 0.3) is 21.8 Å². The number of rotatable bonds is 3. The number of nitrogens with zero attached hydrogens (tertiary/aromatic N) is 1. The van der Waals surface area contributed by atoms with Gasteiger partial charge in [-0.25, -0.2) is 12.7 Å². The molecule has 0 saturated heterocycles. The summed E-state index contributed by atoms with van der Waals surface area (Å²) >= 11 is 0. The van der Waals surface area contributed by atoms with Gasteiger partial charge in [-0.2, -0.15) is 0 Å². The van der Waals surface area contributed by atoms with Crippen molar-refractivity contribution in [2.45, 2.75) is 36.2 Å². The van der Waals surface area contributed by atoms with E-state index in [1.54, 1.807) is 0 Å². The highest BCUT2D eigenvalue weighted by atomic mass is 32.2. The highest BCUT2D eigenvalue weighted by Crippen LogP contribution is 2.40. The van der Waals surface area contributed by atoms with Crippen molar-refractivity contribution >= 4 is 21.8 Å². The number of para-hydroxylation sites is 1. The molecule has 28 heavy (non-hydrogen) atoms. The van der Waals surface area contributed by atoms with E-state index < -0.39 is 15.9 Å². The van der Waals surface area contributed by atoms with Crippen LogP contribution in [0.15, 0.2) is 47.4 Å². The van der Waals surface area contributed by atoms with Crippen LogP contribution in [0, 0.1) is 0 Å². The van der Waals surface area contributed by atoms with E-state index in [1.165, 1.54) is 18.2 Å². The Hall–Kier alpha value is -2.87. The topological polar surface area (TPSA) is 92.8 Å². The number of nitrogens with one attached hydrogen (secondary N) is 1. The molecule has 8 heteroatoms. The first-order valence-corrected chi connectivity index (χ1v) is 10.7. The average molecular weight is 398 g/mol. The molecule has 1 fully saturated rings. The maximum Gasteiger partial charge on any atom is 0.269 e. The molecule has 1 aliphatic carbocycles. The van der Waals surface area contributed by atoms with Crippen LogP contribution in [0.3, 0.4) is 0 Å². The van der Waals surface area contributed by atoms with Crippen molar-refractivity contribution in [1.29, 1.82) is 0 Å². The van der Waals surface area contributed by atoms with Crippen LogP contribution in [0.4, 0.5) is 0 Å². The van der Waals surface area contributed by atoms with Gasteiger partial charge in [0.2, 0.25) is 0 Å². The average Bonchev–Trinajstić information content (AvgIpc) is 3.49. The molecule has 7 nitrogen and oxygen atoms in total. The zero-order valence-electron chi connectivity index (χ0n) is 14.9. The Balaban J connectivity index is 1.44. The third-order valence-corrected chi connectivity index (χ3v) is 7.23. The minimum Gasteiger partial charge on any atom is -0.493 e. The molecule has 144 valence electrons. The quantitative estimate of drug-likeness (QED) is 0.856. The first-order valence-electron chi connectivity index (χ1n) is 9.22. The third-order valence-electron chi connectivity index (χ3n) is 5.35. The van der Waals surface area contributed by atoms with Gasteiger partial charge in [0.15, 0.2) is 0 Å². The van der Waals surface area contributed by atoms with Gasteiger partial charge in [0, 0.05) is 23.6 Å². The minimum atomic E-state index is -3.89. The summed E-state index contributed by atoms with van der Waals surface area (Å²) in [6.07, 6.45) is 2.00. The number of benzene rings is 2. The number of fused-ring (bicyclic) bond motifs is 2. The molecule has 1 N–H and O–H groups in total. The van der Waals surface area contributed by atoms with E-state index in [1.807, 2.05) is 24.3 Å². The first-order chi connectivity index (χ1) is 13.5. The van der Waals surface area contributed by atoms with E-state index >= 15 is 0 Å². The van der Waals surface area contributed by atoms with Gasteiger partial charge < -0.3 is 10.1 Å². The predicted octanol–water partition coefficient (Wildman–Crippen LogP) is 2.25. The molecule has 2 aliphatic heterocycles. The summed E-state index contributed by atoms with van der Waals surface area (Å²) in [5.41, 5.74) is 1.25. The Kier molecular flexibility index (Phi) is 3.74. The van der Waals surface area contributed by atoms with Crippen LogP contribution >= 0.6 is 0 Å². The zero-order chi connectivity index (χ0) is 19.5. The molecule has 5 rings (SSSR count). The highest BCUT2D eigenvalue weighted by Gasteiger charge is 2.48.